The normalized spacial score (nSPS) is 13.6. The molecule has 0 spiro atoms. The highest BCUT2D eigenvalue weighted by atomic mass is 35.5. The highest BCUT2D eigenvalue weighted by Gasteiger charge is 2.20. The topological polar surface area (TPSA) is 26.3 Å². The molecular formula is C13H15ClO2. The van der Waals surface area contributed by atoms with Gasteiger partial charge < -0.3 is 9.53 Å². The van der Waals surface area contributed by atoms with Crippen LogP contribution < -0.4 is 4.74 Å². The van der Waals surface area contributed by atoms with E-state index in [1.807, 2.05) is 0 Å². The molecule has 16 heavy (non-hydrogen) atoms. The van der Waals surface area contributed by atoms with Crippen LogP contribution in [0.5, 0.6) is 5.75 Å². The fraction of sp³-hybridized carbons (Fsp3) is 0.462. The maximum atomic E-state index is 10.4. The molecule has 0 unspecified atom stereocenters. The van der Waals surface area contributed by atoms with Gasteiger partial charge in [0.2, 0.25) is 0 Å². The van der Waals surface area contributed by atoms with E-state index in [1.165, 1.54) is 11.1 Å². The second-order valence-corrected chi connectivity index (χ2v) is 4.46. The van der Waals surface area contributed by atoms with Crippen LogP contribution >= 0.6 is 11.6 Å². The van der Waals surface area contributed by atoms with E-state index in [-0.39, 0.29) is 0 Å². The Kier molecular flexibility index (Phi) is 3.49. The van der Waals surface area contributed by atoms with Crippen LogP contribution in [0.25, 0.3) is 0 Å². The third-order valence-corrected chi connectivity index (χ3v) is 3.50. The average Bonchev–Trinajstić information content (AvgIpc) is 2.75. The third kappa shape index (κ3) is 1.94. The highest BCUT2D eigenvalue weighted by Crippen LogP contribution is 2.39. The molecule has 0 heterocycles. The number of fused-ring (bicyclic) bond motifs is 1. The first-order valence-corrected chi connectivity index (χ1v) is 5.96. The van der Waals surface area contributed by atoms with Crippen molar-refractivity contribution in [2.75, 3.05) is 7.11 Å². The van der Waals surface area contributed by atoms with Crippen LogP contribution in [0, 0.1) is 0 Å². The summed E-state index contributed by atoms with van der Waals surface area (Å²) in [6.45, 7) is 0. The summed E-state index contributed by atoms with van der Waals surface area (Å²) in [5, 5.41) is 0.749. The molecule has 0 N–H and O–H groups in total. The Morgan fingerprint density at radius 3 is 3.00 bits per heavy atom. The number of benzene rings is 1. The van der Waals surface area contributed by atoms with Crippen LogP contribution in [-0.2, 0) is 24.1 Å². The van der Waals surface area contributed by atoms with Gasteiger partial charge in [0.1, 0.15) is 12.0 Å². The van der Waals surface area contributed by atoms with Crippen molar-refractivity contribution in [3.05, 3.63) is 27.8 Å². The number of hydrogen-bond donors (Lipinski definition) is 0. The Balaban J connectivity index is 2.43. The van der Waals surface area contributed by atoms with E-state index >= 15 is 0 Å². The fourth-order valence-electron chi connectivity index (χ4n) is 2.35. The highest BCUT2D eigenvalue weighted by molar-refractivity contribution is 6.33. The number of halogens is 1. The van der Waals surface area contributed by atoms with E-state index in [9.17, 15) is 4.79 Å². The molecule has 0 atom stereocenters. The number of hydrogen-bond acceptors (Lipinski definition) is 2. The van der Waals surface area contributed by atoms with E-state index in [4.69, 9.17) is 16.3 Å². The molecule has 0 aliphatic heterocycles. The standard InChI is InChI=1S/C13H15ClO2/c1-16-13-10(5-3-7-15)8-9-4-2-6-11(9)12(13)14/h7-8H,2-6H2,1H3. The third-order valence-electron chi connectivity index (χ3n) is 3.10. The number of carbonyl (C=O) groups is 1. The SMILES string of the molecule is COc1c(CCC=O)cc2c(c1Cl)CCC2. The van der Waals surface area contributed by atoms with E-state index in [0.29, 0.717) is 12.8 Å². The van der Waals surface area contributed by atoms with Gasteiger partial charge in [-0.25, -0.2) is 0 Å². The van der Waals surface area contributed by atoms with Crippen molar-refractivity contribution >= 4 is 17.9 Å². The van der Waals surface area contributed by atoms with Crippen LogP contribution in [0.2, 0.25) is 5.02 Å². The summed E-state index contributed by atoms with van der Waals surface area (Å²) in [5.74, 6) is 0.754. The predicted molar refractivity (Wildman–Crippen MR) is 64.4 cm³/mol. The maximum absolute atomic E-state index is 10.4. The van der Waals surface area contributed by atoms with Gasteiger partial charge in [-0.1, -0.05) is 17.7 Å². The van der Waals surface area contributed by atoms with Crippen LogP contribution in [0.1, 0.15) is 29.5 Å². The monoisotopic (exact) mass is 238 g/mol. The molecule has 3 heteroatoms. The lowest BCUT2D eigenvalue weighted by Gasteiger charge is -2.13. The van der Waals surface area contributed by atoms with Gasteiger partial charge in [-0.05, 0) is 42.4 Å². The number of aryl methyl sites for hydroxylation is 2. The Bertz CT molecular complexity index is 413. The van der Waals surface area contributed by atoms with Crippen molar-refractivity contribution in [1.82, 2.24) is 0 Å². The molecule has 0 radical (unpaired) electrons. The molecule has 0 aromatic heterocycles. The van der Waals surface area contributed by atoms with Crippen LogP contribution in [-0.4, -0.2) is 13.4 Å². The molecule has 1 aliphatic carbocycles. The second kappa shape index (κ2) is 4.88. The van der Waals surface area contributed by atoms with Gasteiger partial charge in [-0.15, -0.1) is 0 Å². The van der Waals surface area contributed by atoms with Gasteiger partial charge in [0, 0.05) is 6.42 Å². The predicted octanol–water partition coefficient (Wildman–Crippen LogP) is 2.97. The fourth-order valence-corrected chi connectivity index (χ4v) is 2.77. The van der Waals surface area contributed by atoms with Crippen LogP contribution in [0.15, 0.2) is 6.07 Å². The zero-order chi connectivity index (χ0) is 11.5. The Labute approximate surface area is 101 Å². The Morgan fingerprint density at radius 1 is 1.50 bits per heavy atom. The molecule has 1 aliphatic rings. The summed E-state index contributed by atoms with van der Waals surface area (Å²) in [7, 11) is 1.63. The minimum absolute atomic E-state index is 0.519. The Hall–Kier alpha value is -1.02. The molecule has 1 aromatic rings. The number of ether oxygens (including phenoxy) is 1. The van der Waals surface area contributed by atoms with Gasteiger partial charge in [-0.3, -0.25) is 0 Å². The van der Waals surface area contributed by atoms with E-state index in [1.54, 1.807) is 7.11 Å². The summed E-state index contributed by atoms with van der Waals surface area (Å²) < 4.78 is 5.35. The van der Waals surface area contributed by atoms with Crippen molar-refractivity contribution in [2.45, 2.75) is 32.1 Å². The van der Waals surface area contributed by atoms with Gasteiger partial charge in [-0.2, -0.15) is 0 Å². The number of methoxy groups -OCH3 is 1. The smallest absolute Gasteiger partial charge is 0.140 e. The van der Waals surface area contributed by atoms with Gasteiger partial charge in [0.25, 0.3) is 0 Å². The first-order valence-electron chi connectivity index (χ1n) is 5.58. The summed E-state index contributed by atoms with van der Waals surface area (Å²) in [6, 6.07) is 2.15. The minimum atomic E-state index is 0.519. The van der Waals surface area contributed by atoms with Crippen LogP contribution in [0.4, 0.5) is 0 Å². The summed E-state index contributed by atoms with van der Waals surface area (Å²) in [5.41, 5.74) is 3.61. The lowest BCUT2D eigenvalue weighted by Crippen LogP contribution is -1.98. The molecule has 1 aromatic carbocycles. The zero-order valence-corrected chi connectivity index (χ0v) is 10.1. The number of carbonyl (C=O) groups excluding carboxylic acids is 1. The molecule has 0 saturated heterocycles. The van der Waals surface area contributed by atoms with Crippen molar-refractivity contribution in [3.63, 3.8) is 0 Å². The quantitative estimate of drug-likeness (QED) is 0.754. The number of rotatable bonds is 4. The Morgan fingerprint density at radius 2 is 2.31 bits per heavy atom. The van der Waals surface area contributed by atoms with E-state index in [2.05, 4.69) is 6.07 Å². The molecule has 2 nitrogen and oxygen atoms in total. The summed E-state index contributed by atoms with van der Waals surface area (Å²) >= 11 is 6.33. The molecule has 0 amide bonds. The average molecular weight is 239 g/mol. The second-order valence-electron chi connectivity index (χ2n) is 4.08. The minimum Gasteiger partial charge on any atom is -0.495 e. The van der Waals surface area contributed by atoms with Gasteiger partial charge in [0.15, 0.2) is 0 Å². The van der Waals surface area contributed by atoms with Gasteiger partial charge in [0.05, 0.1) is 12.1 Å². The number of aldehydes is 1. The van der Waals surface area contributed by atoms with Crippen molar-refractivity contribution in [1.29, 1.82) is 0 Å². The van der Waals surface area contributed by atoms with Crippen molar-refractivity contribution in [3.8, 4) is 5.75 Å². The summed E-state index contributed by atoms with van der Waals surface area (Å²) in [6.07, 6.45) is 5.45. The maximum Gasteiger partial charge on any atom is 0.140 e. The summed E-state index contributed by atoms with van der Waals surface area (Å²) in [4.78, 5) is 10.4. The molecule has 0 fully saturated rings. The lowest BCUT2D eigenvalue weighted by molar-refractivity contribution is -0.107. The van der Waals surface area contributed by atoms with E-state index in [0.717, 1.165) is 41.9 Å². The lowest BCUT2D eigenvalue weighted by atomic mass is 10.0. The molecule has 0 bridgehead atoms. The largest absolute Gasteiger partial charge is 0.495 e. The van der Waals surface area contributed by atoms with E-state index < -0.39 is 0 Å². The zero-order valence-electron chi connectivity index (χ0n) is 9.38. The van der Waals surface area contributed by atoms with Crippen molar-refractivity contribution in [2.24, 2.45) is 0 Å². The molecular weight excluding hydrogens is 224 g/mol. The first kappa shape index (κ1) is 11.5. The van der Waals surface area contributed by atoms with Crippen molar-refractivity contribution < 1.29 is 9.53 Å². The molecule has 86 valence electrons. The molecule has 2 rings (SSSR count). The van der Waals surface area contributed by atoms with Gasteiger partial charge >= 0.3 is 0 Å². The molecule has 0 saturated carbocycles. The van der Waals surface area contributed by atoms with Crippen LogP contribution in [0.3, 0.4) is 0 Å². The first-order chi connectivity index (χ1) is 7.77.